The third-order valence-electron chi connectivity index (χ3n) is 2.06. The van der Waals surface area contributed by atoms with Crippen molar-refractivity contribution in [3.05, 3.63) is 23.5 Å². The number of hydroxylamine groups is 2. The smallest absolute Gasteiger partial charge is 0.277 e. The van der Waals surface area contributed by atoms with E-state index in [4.69, 9.17) is 4.74 Å². The molecule has 0 spiro atoms. The van der Waals surface area contributed by atoms with Crippen LogP contribution in [0.25, 0.3) is 0 Å². The molecule has 0 aliphatic carbocycles. The van der Waals surface area contributed by atoms with Crippen LogP contribution in [0.1, 0.15) is 10.4 Å². The molecule has 1 rings (SSSR count). The van der Waals surface area contributed by atoms with Crippen molar-refractivity contribution >= 4 is 5.91 Å². The van der Waals surface area contributed by atoms with Crippen molar-refractivity contribution in [1.82, 2.24) is 5.06 Å². The second-order valence-electron chi connectivity index (χ2n) is 2.99. The molecule has 1 aromatic rings. The number of amides is 1. The first kappa shape index (κ1) is 12.3. The molecule has 0 fully saturated rings. The zero-order valence-electron chi connectivity index (χ0n) is 9.15. The van der Waals surface area contributed by atoms with Gasteiger partial charge in [-0.1, -0.05) is 0 Å². The fraction of sp³-hybridized carbons (Fsp3) is 0.300. The third-order valence-corrected chi connectivity index (χ3v) is 2.06. The lowest BCUT2D eigenvalue weighted by Gasteiger charge is -2.14. The zero-order chi connectivity index (χ0) is 12.3. The first-order chi connectivity index (χ1) is 7.51. The number of phenolic OH excluding ortho intramolecular Hbond substituents is 1. The summed E-state index contributed by atoms with van der Waals surface area (Å²) in [5.41, 5.74) is 0.0245. The Bertz CT molecular complexity index is 408. The lowest BCUT2D eigenvalue weighted by Crippen LogP contribution is -2.25. The molecule has 0 radical (unpaired) electrons. The van der Waals surface area contributed by atoms with Gasteiger partial charge in [0.2, 0.25) is 0 Å². The number of hydrogen-bond acceptors (Lipinski definition) is 4. The predicted octanol–water partition coefficient (Wildman–Crippen LogP) is 1.17. The molecule has 0 aromatic heterocycles. The minimum atomic E-state index is -0.924. The van der Waals surface area contributed by atoms with Crippen LogP contribution >= 0.6 is 0 Å². The lowest BCUT2D eigenvalue weighted by molar-refractivity contribution is -0.0757. The summed E-state index contributed by atoms with van der Waals surface area (Å²) in [7, 11) is 3.97. The van der Waals surface area contributed by atoms with Crippen LogP contribution in [-0.2, 0) is 4.84 Å². The number of carbonyl (C=O) groups excluding carboxylic acids is 1. The first-order valence-corrected chi connectivity index (χ1v) is 4.40. The van der Waals surface area contributed by atoms with Crippen molar-refractivity contribution in [3.8, 4) is 11.5 Å². The maximum Gasteiger partial charge on any atom is 0.277 e. The van der Waals surface area contributed by atoms with Crippen LogP contribution in [0.4, 0.5) is 4.39 Å². The van der Waals surface area contributed by atoms with Crippen LogP contribution < -0.4 is 4.74 Å². The van der Waals surface area contributed by atoms with Gasteiger partial charge in [-0.25, -0.2) is 9.45 Å². The van der Waals surface area contributed by atoms with Crippen LogP contribution in [0.5, 0.6) is 11.5 Å². The number of carbonyl (C=O) groups is 1. The van der Waals surface area contributed by atoms with Crippen molar-refractivity contribution in [2.45, 2.75) is 0 Å². The molecule has 1 N–H and O–H groups in total. The number of aromatic hydroxyl groups is 1. The SMILES string of the molecule is COc1cc(C(=O)N(C)OC)cc(F)c1O. The van der Waals surface area contributed by atoms with E-state index in [2.05, 4.69) is 4.84 Å². The van der Waals surface area contributed by atoms with Crippen molar-refractivity contribution in [2.24, 2.45) is 0 Å². The zero-order valence-corrected chi connectivity index (χ0v) is 9.15. The second-order valence-corrected chi connectivity index (χ2v) is 2.99. The van der Waals surface area contributed by atoms with Gasteiger partial charge in [0.25, 0.3) is 5.91 Å². The first-order valence-electron chi connectivity index (χ1n) is 4.40. The number of hydrogen-bond donors (Lipinski definition) is 1. The number of rotatable bonds is 3. The van der Waals surface area contributed by atoms with Gasteiger partial charge in [0, 0.05) is 12.6 Å². The highest BCUT2D eigenvalue weighted by Gasteiger charge is 2.17. The maximum atomic E-state index is 13.2. The van der Waals surface area contributed by atoms with Gasteiger partial charge in [-0.2, -0.15) is 0 Å². The van der Waals surface area contributed by atoms with Crippen LogP contribution in [0.2, 0.25) is 0 Å². The van der Waals surface area contributed by atoms with E-state index < -0.39 is 17.5 Å². The van der Waals surface area contributed by atoms with Crippen molar-refractivity contribution in [3.63, 3.8) is 0 Å². The Labute approximate surface area is 92.0 Å². The third kappa shape index (κ3) is 2.22. The minimum Gasteiger partial charge on any atom is -0.502 e. The molecule has 0 saturated heterocycles. The number of methoxy groups -OCH3 is 1. The van der Waals surface area contributed by atoms with Gasteiger partial charge in [0.05, 0.1) is 14.2 Å². The largest absolute Gasteiger partial charge is 0.502 e. The molecule has 1 aromatic carbocycles. The molecule has 0 unspecified atom stereocenters. The molecule has 1 amide bonds. The molecule has 0 saturated carbocycles. The Hall–Kier alpha value is -1.82. The minimum absolute atomic E-state index is 0.0245. The summed E-state index contributed by atoms with van der Waals surface area (Å²) in [5, 5.41) is 10.2. The molecule has 0 heterocycles. The highest BCUT2D eigenvalue weighted by molar-refractivity contribution is 5.94. The molecule has 6 heteroatoms. The van der Waals surface area contributed by atoms with E-state index in [1.165, 1.54) is 27.3 Å². The molecule has 16 heavy (non-hydrogen) atoms. The highest BCUT2D eigenvalue weighted by atomic mass is 19.1. The van der Waals surface area contributed by atoms with E-state index in [1.807, 2.05) is 0 Å². The summed E-state index contributed by atoms with van der Waals surface area (Å²) in [4.78, 5) is 16.3. The summed E-state index contributed by atoms with van der Waals surface area (Å²) in [6.07, 6.45) is 0. The number of halogens is 1. The van der Waals surface area contributed by atoms with Gasteiger partial charge in [0.15, 0.2) is 17.3 Å². The number of benzene rings is 1. The average molecular weight is 229 g/mol. The average Bonchev–Trinajstić information content (AvgIpc) is 2.30. The lowest BCUT2D eigenvalue weighted by atomic mass is 10.2. The predicted molar refractivity (Wildman–Crippen MR) is 53.7 cm³/mol. The van der Waals surface area contributed by atoms with E-state index in [-0.39, 0.29) is 11.3 Å². The van der Waals surface area contributed by atoms with Crippen molar-refractivity contribution < 1.29 is 23.9 Å². The molecule has 88 valence electrons. The van der Waals surface area contributed by atoms with E-state index in [0.717, 1.165) is 11.1 Å². The van der Waals surface area contributed by atoms with Gasteiger partial charge in [-0.05, 0) is 12.1 Å². The normalized spacial score (nSPS) is 10.0. The van der Waals surface area contributed by atoms with Crippen molar-refractivity contribution in [1.29, 1.82) is 0 Å². The van der Waals surface area contributed by atoms with Crippen LogP contribution in [0.15, 0.2) is 12.1 Å². The fourth-order valence-electron chi connectivity index (χ4n) is 1.12. The maximum absolute atomic E-state index is 13.2. The van der Waals surface area contributed by atoms with Crippen LogP contribution in [0.3, 0.4) is 0 Å². The van der Waals surface area contributed by atoms with Crippen LogP contribution in [-0.4, -0.2) is 37.3 Å². The second kappa shape index (κ2) is 4.80. The van der Waals surface area contributed by atoms with Crippen LogP contribution in [0, 0.1) is 5.82 Å². The summed E-state index contributed by atoms with van der Waals surface area (Å²) >= 11 is 0. The molecular weight excluding hydrogens is 217 g/mol. The van der Waals surface area contributed by atoms with Gasteiger partial charge in [-0.15, -0.1) is 0 Å². The monoisotopic (exact) mass is 229 g/mol. The Balaban J connectivity index is 3.16. The standard InChI is InChI=1S/C10H12FNO4/c1-12(16-3)10(14)6-4-7(11)9(13)8(5-6)15-2/h4-5,13H,1-3H3. The topological polar surface area (TPSA) is 59.0 Å². The molecule has 0 bridgehead atoms. The summed E-state index contributed by atoms with van der Waals surface area (Å²) in [6, 6.07) is 2.14. The fourth-order valence-corrected chi connectivity index (χ4v) is 1.12. The number of ether oxygens (including phenoxy) is 1. The van der Waals surface area contributed by atoms with Gasteiger partial charge >= 0.3 is 0 Å². The highest BCUT2D eigenvalue weighted by Crippen LogP contribution is 2.30. The van der Waals surface area contributed by atoms with Gasteiger partial charge < -0.3 is 9.84 Å². The Morgan fingerprint density at radius 3 is 2.56 bits per heavy atom. The molecule has 0 aliphatic heterocycles. The molecular formula is C10H12FNO4. The molecule has 0 atom stereocenters. The Morgan fingerprint density at radius 2 is 2.06 bits per heavy atom. The quantitative estimate of drug-likeness (QED) is 0.790. The molecule has 0 aliphatic rings. The van der Waals surface area contributed by atoms with E-state index >= 15 is 0 Å². The Morgan fingerprint density at radius 1 is 1.44 bits per heavy atom. The number of nitrogens with zero attached hydrogens (tertiary/aromatic N) is 1. The van der Waals surface area contributed by atoms with E-state index in [1.54, 1.807) is 0 Å². The van der Waals surface area contributed by atoms with E-state index in [9.17, 15) is 14.3 Å². The summed E-state index contributed by atoms with van der Waals surface area (Å²) in [6.45, 7) is 0. The van der Waals surface area contributed by atoms with Gasteiger partial charge in [-0.3, -0.25) is 9.63 Å². The number of phenols is 1. The Kier molecular flexibility index (Phi) is 3.68. The summed E-state index contributed by atoms with van der Waals surface area (Å²) < 4.78 is 17.9. The summed E-state index contributed by atoms with van der Waals surface area (Å²) in [5.74, 6) is -2.20. The van der Waals surface area contributed by atoms with Crippen molar-refractivity contribution in [2.75, 3.05) is 21.3 Å². The molecule has 5 nitrogen and oxygen atoms in total. The van der Waals surface area contributed by atoms with E-state index in [0.29, 0.717) is 0 Å². The van der Waals surface area contributed by atoms with Gasteiger partial charge in [0.1, 0.15) is 0 Å².